The number of aryl methyl sites for hydroxylation is 1. The van der Waals surface area contributed by atoms with Crippen LogP contribution in [-0.2, 0) is 10.0 Å². The molecule has 0 radical (unpaired) electrons. The summed E-state index contributed by atoms with van der Waals surface area (Å²) in [6, 6.07) is 5.56. The SMILES string of the molecule is Cc1cc(N)cc(S(=O)(=O)NC2CCN3CCCC3C2)c1. The highest BCUT2D eigenvalue weighted by molar-refractivity contribution is 7.89. The molecule has 2 unspecified atom stereocenters. The van der Waals surface area contributed by atoms with Crippen molar-refractivity contribution in [3.8, 4) is 0 Å². The summed E-state index contributed by atoms with van der Waals surface area (Å²) in [5, 5.41) is 0. The molecule has 0 spiro atoms. The lowest BCUT2D eigenvalue weighted by molar-refractivity contribution is 0.176. The van der Waals surface area contributed by atoms with Crippen molar-refractivity contribution in [2.45, 2.75) is 49.6 Å². The monoisotopic (exact) mass is 309 g/mol. The molecule has 21 heavy (non-hydrogen) atoms. The predicted molar refractivity (Wildman–Crippen MR) is 83.5 cm³/mol. The quantitative estimate of drug-likeness (QED) is 0.829. The number of rotatable bonds is 3. The molecule has 0 amide bonds. The summed E-state index contributed by atoms with van der Waals surface area (Å²) in [5.74, 6) is 0. The van der Waals surface area contributed by atoms with Gasteiger partial charge in [-0.2, -0.15) is 0 Å². The highest BCUT2D eigenvalue weighted by Crippen LogP contribution is 2.28. The van der Waals surface area contributed by atoms with Crippen LogP contribution in [0.4, 0.5) is 5.69 Å². The van der Waals surface area contributed by atoms with Crippen LogP contribution in [0.25, 0.3) is 0 Å². The van der Waals surface area contributed by atoms with E-state index in [4.69, 9.17) is 5.73 Å². The highest BCUT2D eigenvalue weighted by Gasteiger charge is 2.33. The number of nitrogens with one attached hydrogen (secondary N) is 1. The Hall–Kier alpha value is -1.11. The molecule has 2 aliphatic heterocycles. The van der Waals surface area contributed by atoms with E-state index in [1.165, 1.54) is 25.5 Å². The van der Waals surface area contributed by atoms with Crippen LogP contribution >= 0.6 is 0 Å². The number of hydrogen-bond donors (Lipinski definition) is 2. The molecule has 2 fully saturated rings. The number of nitrogens with two attached hydrogens (primary N) is 1. The summed E-state index contributed by atoms with van der Waals surface area (Å²) in [5.41, 5.74) is 7.11. The van der Waals surface area contributed by atoms with E-state index in [1.807, 2.05) is 6.92 Å². The summed E-state index contributed by atoms with van der Waals surface area (Å²) in [7, 11) is -3.48. The maximum absolute atomic E-state index is 12.5. The van der Waals surface area contributed by atoms with Gasteiger partial charge in [-0.3, -0.25) is 0 Å². The summed E-state index contributed by atoms with van der Waals surface area (Å²) < 4.78 is 27.9. The first-order chi connectivity index (χ1) is 9.94. The van der Waals surface area contributed by atoms with Crippen molar-refractivity contribution in [3.63, 3.8) is 0 Å². The second-order valence-corrected chi connectivity index (χ2v) is 7.97. The Kier molecular flexibility index (Phi) is 3.94. The van der Waals surface area contributed by atoms with E-state index in [0.29, 0.717) is 11.7 Å². The number of nitrogens with zero attached hydrogens (tertiary/aromatic N) is 1. The second kappa shape index (κ2) is 5.59. The van der Waals surface area contributed by atoms with E-state index >= 15 is 0 Å². The molecule has 5 nitrogen and oxygen atoms in total. The Balaban J connectivity index is 1.74. The van der Waals surface area contributed by atoms with Crippen molar-refractivity contribution in [2.24, 2.45) is 0 Å². The molecule has 2 heterocycles. The molecule has 2 aliphatic rings. The first-order valence-corrected chi connectivity index (χ1v) is 9.06. The van der Waals surface area contributed by atoms with Crippen LogP contribution < -0.4 is 10.5 Å². The van der Waals surface area contributed by atoms with E-state index in [9.17, 15) is 8.42 Å². The Morgan fingerprint density at radius 3 is 2.81 bits per heavy atom. The van der Waals surface area contributed by atoms with Gasteiger partial charge in [-0.25, -0.2) is 13.1 Å². The van der Waals surface area contributed by atoms with Crippen LogP contribution in [-0.4, -0.2) is 38.5 Å². The number of benzene rings is 1. The van der Waals surface area contributed by atoms with Gasteiger partial charge in [-0.05, 0) is 69.5 Å². The van der Waals surface area contributed by atoms with Gasteiger partial charge in [0.1, 0.15) is 0 Å². The van der Waals surface area contributed by atoms with Gasteiger partial charge in [-0.15, -0.1) is 0 Å². The van der Waals surface area contributed by atoms with E-state index in [-0.39, 0.29) is 10.9 Å². The first kappa shape index (κ1) is 14.8. The zero-order valence-electron chi connectivity index (χ0n) is 12.4. The van der Waals surface area contributed by atoms with E-state index in [2.05, 4.69) is 9.62 Å². The van der Waals surface area contributed by atoms with Crippen LogP contribution in [0.3, 0.4) is 0 Å². The normalized spacial score (nSPS) is 26.7. The Morgan fingerprint density at radius 1 is 1.24 bits per heavy atom. The van der Waals surface area contributed by atoms with Crippen molar-refractivity contribution in [1.82, 2.24) is 9.62 Å². The van der Waals surface area contributed by atoms with Gasteiger partial charge in [-0.1, -0.05) is 0 Å². The Labute approximate surface area is 126 Å². The van der Waals surface area contributed by atoms with Gasteiger partial charge in [0.05, 0.1) is 4.90 Å². The molecule has 1 aromatic rings. The molecule has 6 heteroatoms. The van der Waals surface area contributed by atoms with Gasteiger partial charge in [0.2, 0.25) is 10.0 Å². The van der Waals surface area contributed by atoms with Crippen LogP contribution in [0.5, 0.6) is 0 Å². The maximum atomic E-state index is 12.5. The molecule has 0 aliphatic carbocycles. The molecule has 2 saturated heterocycles. The molecular formula is C15H23N3O2S. The fraction of sp³-hybridized carbons (Fsp3) is 0.600. The minimum Gasteiger partial charge on any atom is -0.399 e. The summed E-state index contributed by atoms with van der Waals surface area (Å²) in [6.07, 6.45) is 4.23. The molecule has 1 aromatic carbocycles. The van der Waals surface area contributed by atoms with Crippen LogP contribution in [0.1, 0.15) is 31.2 Å². The van der Waals surface area contributed by atoms with E-state index in [0.717, 1.165) is 24.9 Å². The predicted octanol–water partition coefficient (Wildman–Crippen LogP) is 1.48. The third-order valence-corrected chi connectivity index (χ3v) is 6.03. The smallest absolute Gasteiger partial charge is 0.240 e. The van der Waals surface area contributed by atoms with E-state index < -0.39 is 10.0 Å². The molecule has 0 saturated carbocycles. The second-order valence-electron chi connectivity index (χ2n) is 6.25. The molecule has 2 atom stereocenters. The van der Waals surface area contributed by atoms with Gasteiger partial charge in [0.25, 0.3) is 0 Å². The number of piperidine rings is 1. The highest BCUT2D eigenvalue weighted by atomic mass is 32.2. The zero-order chi connectivity index (χ0) is 15.0. The number of fused-ring (bicyclic) bond motifs is 1. The number of anilines is 1. The van der Waals surface area contributed by atoms with Crippen LogP contribution in [0.2, 0.25) is 0 Å². The third-order valence-electron chi connectivity index (χ3n) is 4.53. The van der Waals surface area contributed by atoms with Crippen molar-refractivity contribution in [2.75, 3.05) is 18.8 Å². The lowest BCUT2D eigenvalue weighted by Crippen LogP contribution is -2.47. The van der Waals surface area contributed by atoms with E-state index in [1.54, 1.807) is 12.1 Å². The summed E-state index contributed by atoms with van der Waals surface area (Å²) >= 11 is 0. The van der Waals surface area contributed by atoms with Crippen LogP contribution in [0, 0.1) is 6.92 Å². The number of sulfonamides is 1. The van der Waals surface area contributed by atoms with Crippen molar-refractivity contribution in [3.05, 3.63) is 23.8 Å². The fourth-order valence-corrected chi connectivity index (χ4v) is 4.97. The topological polar surface area (TPSA) is 75.4 Å². The van der Waals surface area contributed by atoms with Gasteiger partial charge in [0.15, 0.2) is 0 Å². The minimum absolute atomic E-state index is 0.0380. The maximum Gasteiger partial charge on any atom is 0.240 e. The Morgan fingerprint density at radius 2 is 2.05 bits per heavy atom. The standard InChI is InChI=1S/C15H23N3O2S/c1-11-7-12(16)9-15(8-11)21(19,20)17-13-4-6-18-5-2-3-14(18)10-13/h7-9,13-14,17H,2-6,10,16H2,1H3. The summed E-state index contributed by atoms with van der Waals surface area (Å²) in [6.45, 7) is 4.01. The number of hydrogen-bond acceptors (Lipinski definition) is 4. The third kappa shape index (κ3) is 3.22. The molecule has 116 valence electrons. The average Bonchev–Trinajstić information content (AvgIpc) is 2.84. The minimum atomic E-state index is -3.48. The largest absolute Gasteiger partial charge is 0.399 e. The van der Waals surface area contributed by atoms with Gasteiger partial charge >= 0.3 is 0 Å². The molecule has 0 aromatic heterocycles. The van der Waals surface area contributed by atoms with Crippen molar-refractivity contribution in [1.29, 1.82) is 0 Å². The van der Waals surface area contributed by atoms with Crippen LogP contribution in [0.15, 0.2) is 23.1 Å². The molecule has 0 bridgehead atoms. The van der Waals surface area contributed by atoms with Gasteiger partial charge < -0.3 is 10.6 Å². The zero-order valence-corrected chi connectivity index (χ0v) is 13.2. The first-order valence-electron chi connectivity index (χ1n) is 7.57. The van der Waals surface area contributed by atoms with Gasteiger partial charge in [0, 0.05) is 17.8 Å². The lowest BCUT2D eigenvalue weighted by Gasteiger charge is -2.34. The molecule has 3 rings (SSSR count). The summed E-state index contributed by atoms with van der Waals surface area (Å²) in [4.78, 5) is 2.75. The fourth-order valence-electron chi connectivity index (χ4n) is 3.55. The molecule has 3 N–H and O–H groups in total. The van der Waals surface area contributed by atoms with Crippen molar-refractivity contribution < 1.29 is 8.42 Å². The molecular weight excluding hydrogens is 286 g/mol. The average molecular weight is 309 g/mol. The Bertz CT molecular complexity index is 610. The number of nitrogen functional groups attached to an aromatic ring is 1. The van der Waals surface area contributed by atoms with Crippen molar-refractivity contribution >= 4 is 15.7 Å². The lowest BCUT2D eigenvalue weighted by atomic mass is 9.99.